The quantitative estimate of drug-likeness (QED) is 0.610. The average Bonchev–Trinajstić information content (AvgIpc) is 2.12. The molecule has 0 bridgehead atoms. The Kier molecular flexibility index (Phi) is 8.46. The van der Waals surface area contributed by atoms with E-state index in [1.807, 2.05) is 0 Å². The highest BCUT2D eigenvalue weighted by atomic mass is 16.3. The number of hydrogen-bond acceptors (Lipinski definition) is 2. The van der Waals surface area contributed by atoms with E-state index in [0.717, 1.165) is 18.9 Å². The molecule has 13 heavy (non-hydrogen) atoms. The average molecular weight is 187 g/mol. The van der Waals surface area contributed by atoms with E-state index in [-0.39, 0.29) is 6.61 Å². The fraction of sp³-hybridized carbons (Fsp3) is 1.00. The Labute approximate surface area is 82.7 Å². The van der Waals surface area contributed by atoms with Crippen LogP contribution in [0.1, 0.15) is 46.5 Å². The smallest absolute Gasteiger partial charge is 0.0556 e. The number of rotatable bonds is 8. The van der Waals surface area contributed by atoms with Crippen LogP contribution in [0.15, 0.2) is 0 Å². The lowest BCUT2D eigenvalue weighted by molar-refractivity contribution is 0.274. The van der Waals surface area contributed by atoms with Crippen LogP contribution in [0.2, 0.25) is 0 Å². The standard InChI is InChI=1S/C11H25NO/c1-4-6-10(3)9-11(5-2)12-7-8-13/h10-13H,4-9H2,1-3H3. The van der Waals surface area contributed by atoms with Crippen LogP contribution < -0.4 is 5.32 Å². The third-order valence-corrected chi connectivity index (χ3v) is 2.51. The van der Waals surface area contributed by atoms with Gasteiger partial charge in [-0.25, -0.2) is 0 Å². The summed E-state index contributed by atoms with van der Waals surface area (Å²) in [5.74, 6) is 0.807. The maximum Gasteiger partial charge on any atom is 0.0556 e. The number of hydrogen-bond donors (Lipinski definition) is 2. The van der Waals surface area contributed by atoms with Crippen molar-refractivity contribution in [3.05, 3.63) is 0 Å². The minimum absolute atomic E-state index is 0.249. The maximum atomic E-state index is 8.69. The van der Waals surface area contributed by atoms with Gasteiger partial charge >= 0.3 is 0 Å². The van der Waals surface area contributed by atoms with Crippen LogP contribution in [-0.4, -0.2) is 24.3 Å². The molecule has 2 heteroatoms. The fourth-order valence-corrected chi connectivity index (χ4v) is 1.76. The van der Waals surface area contributed by atoms with Crippen LogP contribution in [0.25, 0.3) is 0 Å². The molecular formula is C11H25NO. The van der Waals surface area contributed by atoms with Gasteiger partial charge in [0, 0.05) is 12.6 Å². The fourth-order valence-electron chi connectivity index (χ4n) is 1.76. The van der Waals surface area contributed by atoms with Crippen molar-refractivity contribution in [3.63, 3.8) is 0 Å². The molecule has 2 N–H and O–H groups in total. The van der Waals surface area contributed by atoms with Gasteiger partial charge in [-0.1, -0.05) is 33.6 Å². The van der Waals surface area contributed by atoms with Gasteiger partial charge in [-0.3, -0.25) is 0 Å². The van der Waals surface area contributed by atoms with Crippen LogP contribution in [0.5, 0.6) is 0 Å². The molecule has 0 aromatic heterocycles. The van der Waals surface area contributed by atoms with Gasteiger partial charge in [0.25, 0.3) is 0 Å². The van der Waals surface area contributed by atoms with Gasteiger partial charge in [-0.05, 0) is 18.8 Å². The summed E-state index contributed by atoms with van der Waals surface area (Å²) in [6.07, 6.45) is 4.99. The van der Waals surface area contributed by atoms with Gasteiger partial charge in [0.05, 0.1) is 6.61 Å². The first-order valence-electron chi connectivity index (χ1n) is 5.58. The number of aliphatic hydroxyl groups excluding tert-OH is 1. The molecule has 0 aliphatic carbocycles. The number of aliphatic hydroxyl groups is 1. The summed E-state index contributed by atoms with van der Waals surface area (Å²) in [5.41, 5.74) is 0. The van der Waals surface area contributed by atoms with Gasteiger partial charge in [0.1, 0.15) is 0 Å². The summed E-state index contributed by atoms with van der Waals surface area (Å²) in [4.78, 5) is 0. The van der Waals surface area contributed by atoms with Crippen molar-refractivity contribution in [2.45, 2.75) is 52.5 Å². The Balaban J connectivity index is 3.56. The van der Waals surface area contributed by atoms with Gasteiger partial charge in [-0.2, -0.15) is 0 Å². The van der Waals surface area contributed by atoms with Gasteiger partial charge in [0.15, 0.2) is 0 Å². The second-order valence-electron chi connectivity index (χ2n) is 3.91. The molecule has 0 spiro atoms. The second-order valence-corrected chi connectivity index (χ2v) is 3.91. The van der Waals surface area contributed by atoms with Crippen molar-refractivity contribution >= 4 is 0 Å². The third kappa shape index (κ3) is 7.03. The van der Waals surface area contributed by atoms with Crippen LogP contribution in [-0.2, 0) is 0 Å². The predicted octanol–water partition coefficient (Wildman–Crippen LogP) is 2.17. The molecule has 0 rings (SSSR count). The Morgan fingerprint density at radius 1 is 1.31 bits per heavy atom. The Morgan fingerprint density at radius 2 is 2.00 bits per heavy atom. The second kappa shape index (κ2) is 8.52. The Bertz CT molecular complexity index is 106. The van der Waals surface area contributed by atoms with E-state index in [9.17, 15) is 0 Å². The highest BCUT2D eigenvalue weighted by Gasteiger charge is 2.09. The molecule has 0 saturated heterocycles. The van der Waals surface area contributed by atoms with Crippen LogP contribution in [0, 0.1) is 5.92 Å². The summed E-state index contributed by atoms with van der Waals surface area (Å²) < 4.78 is 0. The summed E-state index contributed by atoms with van der Waals surface area (Å²) in [6.45, 7) is 7.73. The molecule has 80 valence electrons. The highest BCUT2D eigenvalue weighted by Crippen LogP contribution is 2.13. The molecule has 0 aromatic rings. The molecule has 0 fully saturated rings. The van der Waals surface area contributed by atoms with Gasteiger partial charge < -0.3 is 10.4 Å². The van der Waals surface area contributed by atoms with Crippen molar-refractivity contribution in [2.24, 2.45) is 5.92 Å². The maximum absolute atomic E-state index is 8.69. The molecular weight excluding hydrogens is 162 g/mol. The molecule has 0 aromatic carbocycles. The van der Waals surface area contributed by atoms with Crippen LogP contribution in [0.3, 0.4) is 0 Å². The van der Waals surface area contributed by atoms with Crippen molar-refractivity contribution in [3.8, 4) is 0 Å². The summed E-state index contributed by atoms with van der Waals surface area (Å²) >= 11 is 0. The van der Waals surface area contributed by atoms with Gasteiger partial charge in [0.2, 0.25) is 0 Å². The molecule has 0 aliphatic heterocycles. The van der Waals surface area contributed by atoms with Crippen molar-refractivity contribution < 1.29 is 5.11 Å². The first kappa shape index (κ1) is 12.9. The first-order chi connectivity index (χ1) is 6.24. The minimum Gasteiger partial charge on any atom is -0.395 e. The Hall–Kier alpha value is -0.0800. The molecule has 2 nitrogen and oxygen atoms in total. The lowest BCUT2D eigenvalue weighted by atomic mass is 9.96. The van der Waals surface area contributed by atoms with Crippen LogP contribution >= 0.6 is 0 Å². The van der Waals surface area contributed by atoms with E-state index in [0.29, 0.717) is 6.04 Å². The summed E-state index contributed by atoms with van der Waals surface area (Å²) in [7, 11) is 0. The molecule has 0 saturated carbocycles. The molecule has 0 amide bonds. The van der Waals surface area contributed by atoms with Crippen molar-refractivity contribution in [1.29, 1.82) is 0 Å². The first-order valence-corrected chi connectivity index (χ1v) is 5.58. The van der Waals surface area contributed by atoms with E-state index in [2.05, 4.69) is 26.1 Å². The normalized spacial score (nSPS) is 15.7. The van der Waals surface area contributed by atoms with E-state index >= 15 is 0 Å². The van der Waals surface area contributed by atoms with E-state index < -0.39 is 0 Å². The highest BCUT2D eigenvalue weighted by molar-refractivity contribution is 4.68. The van der Waals surface area contributed by atoms with E-state index in [4.69, 9.17) is 5.11 Å². The predicted molar refractivity (Wildman–Crippen MR) is 57.9 cm³/mol. The lowest BCUT2D eigenvalue weighted by Crippen LogP contribution is -2.32. The molecule has 0 heterocycles. The van der Waals surface area contributed by atoms with Crippen molar-refractivity contribution in [2.75, 3.05) is 13.2 Å². The molecule has 2 atom stereocenters. The van der Waals surface area contributed by atoms with E-state index in [1.165, 1.54) is 19.3 Å². The van der Waals surface area contributed by atoms with E-state index in [1.54, 1.807) is 0 Å². The molecule has 2 unspecified atom stereocenters. The lowest BCUT2D eigenvalue weighted by Gasteiger charge is -2.20. The number of nitrogens with one attached hydrogen (secondary N) is 1. The topological polar surface area (TPSA) is 32.3 Å². The summed E-state index contributed by atoms with van der Waals surface area (Å²) in [5, 5.41) is 12.0. The zero-order valence-corrected chi connectivity index (χ0v) is 9.34. The monoisotopic (exact) mass is 187 g/mol. The van der Waals surface area contributed by atoms with Crippen molar-refractivity contribution in [1.82, 2.24) is 5.32 Å². The zero-order valence-electron chi connectivity index (χ0n) is 9.34. The summed E-state index contributed by atoms with van der Waals surface area (Å²) in [6, 6.07) is 0.591. The SMILES string of the molecule is CCCC(C)CC(CC)NCCO. The van der Waals surface area contributed by atoms with Crippen LogP contribution in [0.4, 0.5) is 0 Å². The van der Waals surface area contributed by atoms with Gasteiger partial charge in [-0.15, -0.1) is 0 Å². The largest absolute Gasteiger partial charge is 0.395 e. The molecule has 0 aliphatic rings. The zero-order chi connectivity index (χ0) is 10.1. The third-order valence-electron chi connectivity index (χ3n) is 2.51. The minimum atomic E-state index is 0.249. The Morgan fingerprint density at radius 3 is 2.46 bits per heavy atom. The molecule has 0 radical (unpaired) electrons.